The molecule has 0 aliphatic heterocycles. The molecule has 0 fully saturated rings. The minimum absolute atomic E-state index is 0.00766. The summed E-state index contributed by atoms with van der Waals surface area (Å²) in [6, 6.07) is 29.3. The van der Waals surface area contributed by atoms with E-state index < -0.39 is 4.92 Å². The molecule has 7 heteroatoms. The Hall–Kier alpha value is -4.91. The van der Waals surface area contributed by atoms with Crippen LogP contribution < -0.4 is 10.1 Å². The third kappa shape index (κ3) is 5.10. The SMILES string of the molecule is O=C(Cc1ccc2cc[nH]c2c1)Nc1cccc(OCc2ccccc2)c1-c1ccc([N+](=O)[O-])cc1. The standard InChI is InChI=1S/C29H23N3O4/c33-28(18-21-9-10-22-15-16-30-26(22)17-21)31-25-7-4-8-27(36-19-20-5-2-1-3-6-20)29(25)23-11-13-24(14-12-23)32(34)35/h1-17,30H,18-19H2,(H,31,33). The molecule has 2 N–H and O–H groups in total. The Morgan fingerprint density at radius 1 is 0.889 bits per heavy atom. The van der Waals surface area contributed by atoms with Crippen LogP contribution in [0.3, 0.4) is 0 Å². The number of aromatic amines is 1. The highest BCUT2D eigenvalue weighted by Crippen LogP contribution is 2.38. The number of hydrogen-bond donors (Lipinski definition) is 2. The van der Waals surface area contributed by atoms with Crippen molar-refractivity contribution in [3.63, 3.8) is 0 Å². The van der Waals surface area contributed by atoms with Gasteiger partial charge < -0.3 is 15.0 Å². The number of amides is 1. The van der Waals surface area contributed by atoms with Gasteiger partial charge in [-0.2, -0.15) is 0 Å². The van der Waals surface area contributed by atoms with E-state index in [1.54, 1.807) is 18.2 Å². The fraction of sp³-hybridized carbons (Fsp3) is 0.0690. The van der Waals surface area contributed by atoms with Gasteiger partial charge in [0.1, 0.15) is 12.4 Å². The Morgan fingerprint density at radius 2 is 1.69 bits per heavy atom. The van der Waals surface area contributed by atoms with Crippen molar-refractivity contribution in [1.82, 2.24) is 4.98 Å². The molecule has 36 heavy (non-hydrogen) atoms. The Bertz CT molecular complexity index is 1530. The van der Waals surface area contributed by atoms with E-state index in [0.29, 0.717) is 29.2 Å². The third-order valence-corrected chi connectivity index (χ3v) is 5.89. The molecular weight excluding hydrogens is 454 g/mol. The molecule has 5 rings (SSSR count). The lowest BCUT2D eigenvalue weighted by molar-refractivity contribution is -0.384. The summed E-state index contributed by atoms with van der Waals surface area (Å²) >= 11 is 0. The van der Waals surface area contributed by atoms with Crippen LogP contribution in [-0.2, 0) is 17.8 Å². The minimum Gasteiger partial charge on any atom is -0.488 e. The Balaban J connectivity index is 1.44. The number of benzene rings is 4. The summed E-state index contributed by atoms with van der Waals surface area (Å²) in [6.45, 7) is 0.342. The van der Waals surface area contributed by atoms with Crippen LogP contribution in [0.25, 0.3) is 22.0 Å². The highest BCUT2D eigenvalue weighted by molar-refractivity contribution is 5.98. The molecule has 178 valence electrons. The van der Waals surface area contributed by atoms with Gasteiger partial charge in [0.2, 0.25) is 5.91 Å². The fourth-order valence-corrected chi connectivity index (χ4v) is 4.12. The average Bonchev–Trinajstić information content (AvgIpc) is 3.36. The van der Waals surface area contributed by atoms with Crippen LogP contribution in [0.4, 0.5) is 11.4 Å². The molecule has 0 saturated heterocycles. The number of non-ortho nitro benzene ring substituents is 1. The second-order valence-corrected chi connectivity index (χ2v) is 8.38. The van der Waals surface area contributed by atoms with Crippen molar-refractivity contribution in [2.45, 2.75) is 13.0 Å². The zero-order chi connectivity index (χ0) is 24.9. The summed E-state index contributed by atoms with van der Waals surface area (Å²) in [7, 11) is 0. The summed E-state index contributed by atoms with van der Waals surface area (Å²) in [4.78, 5) is 26.9. The van der Waals surface area contributed by atoms with Crippen LogP contribution in [0.2, 0.25) is 0 Å². The average molecular weight is 478 g/mol. The summed E-state index contributed by atoms with van der Waals surface area (Å²) in [5.74, 6) is 0.391. The number of aromatic nitrogens is 1. The summed E-state index contributed by atoms with van der Waals surface area (Å²) < 4.78 is 6.15. The van der Waals surface area contributed by atoms with Gasteiger partial charge in [-0.15, -0.1) is 0 Å². The van der Waals surface area contributed by atoms with Crippen molar-refractivity contribution in [1.29, 1.82) is 0 Å². The van der Waals surface area contributed by atoms with Gasteiger partial charge in [-0.25, -0.2) is 0 Å². The lowest BCUT2D eigenvalue weighted by Gasteiger charge is -2.17. The van der Waals surface area contributed by atoms with Gasteiger partial charge in [0.25, 0.3) is 5.69 Å². The van der Waals surface area contributed by atoms with Crippen molar-refractivity contribution in [3.8, 4) is 16.9 Å². The largest absolute Gasteiger partial charge is 0.488 e. The molecule has 1 aromatic heterocycles. The number of carbonyl (C=O) groups is 1. The molecule has 0 atom stereocenters. The van der Waals surface area contributed by atoms with Crippen molar-refractivity contribution in [2.24, 2.45) is 0 Å². The number of rotatable bonds is 8. The zero-order valence-corrected chi connectivity index (χ0v) is 19.3. The maximum atomic E-state index is 13.0. The van der Waals surface area contributed by atoms with Gasteiger partial charge in [-0.05, 0) is 58.5 Å². The number of anilines is 1. The highest BCUT2D eigenvalue weighted by Gasteiger charge is 2.16. The summed E-state index contributed by atoms with van der Waals surface area (Å²) in [5, 5.41) is 15.2. The Morgan fingerprint density at radius 3 is 2.47 bits per heavy atom. The molecule has 0 radical (unpaired) electrons. The van der Waals surface area contributed by atoms with E-state index in [-0.39, 0.29) is 18.0 Å². The fourth-order valence-electron chi connectivity index (χ4n) is 4.12. The number of carbonyl (C=O) groups excluding carboxylic acids is 1. The van der Waals surface area contributed by atoms with E-state index in [9.17, 15) is 14.9 Å². The molecule has 0 saturated carbocycles. The van der Waals surface area contributed by atoms with Gasteiger partial charge in [0.15, 0.2) is 0 Å². The molecule has 0 aliphatic carbocycles. The molecular formula is C29H23N3O4. The number of ether oxygens (including phenoxy) is 1. The van der Waals surface area contributed by atoms with Crippen molar-refractivity contribution < 1.29 is 14.5 Å². The predicted octanol–water partition coefficient (Wildman–Crippen LogP) is 6.50. The molecule has 0 bridgehead atoms. The second-order valence-electron chi connectivity index (χ2n) is 8.38. The number of H-pyrrole nitrogens is 1. The minimum atomic E-state index is -0.439. The van der Waals surface area contributed by atoms with Crippen molar-refractivity contribution in [3.05, 3.63) is 124 Å². The molecule has 1 heterocycles. The number of hydrogen-bond acceptors (Lipinski definition) is 4. The predicted molar refractivity (Wildman–Crippen MR) is 140 cm³/mol. The van der Waals surface area contributed by atoms with Crippen LogP contribution in [0.1, 0.15) is 11.1 Å². The first-order chi connectivity index (χ1) is 17.6. The second kappa shape index (κ2) is 10.1. The molecule has 1 amide bonds. The van der Waals surface area contributed by atoms with Crippen molar-refractivity contribution >= 4 is 28.2 Å². The molecule has 4 aromatic carbocycles. The van der Waals surface area contributed by atoms with Gasteiger partial charge >= 0.3 is 0 Å². The van der Waals surface area contributed by atoms with Crippen LogP contribution in [-0.4, -0.2) is 15.8 Å². The van der Waals surface area contributed by atoms with E-state index in [0.717, 1.165) is 22.0 Å². The zero-order valence-electron chi connectivity index (χ0n) is 19.3. The molecule has 0 unspecified atom stereocenters. The first kappa shape index (κ1) is 22.9. The maximum absolute atomic E-state index is 13.0. The van der Waals surface area contributed by atoms with Crippen LogP contribution >= 0.6 is 0 Å². The molecule has 5 aromatic rings. The monoisotopic (exact) mass is 477 g/mol. The number of nitrogens with one attached hydrogen (secondary N) is 2. The van der Waals surface area contributed by atoms with Crippen molar-refractivity contribution in [2.75, 3.05) is 5.32 Å². The van der Waals surface area contributed by atoms with Gasteiger partial charge in [0, 0.05) is 29.4 Å². The summed E-state index contributed by atoms with van der Waals surface area (Å²) in [5.41, 5.74) is 4.79. The number of nitro benzene ring substituents is 1. The lowest BCUT2D eigenvalue weighted by atomic mass is 10.0. The summed E-state index contributed by atoms with van der Waals surface area (Å²) in [6.07, 6.45) is 2.07. The maximum Gasteiger partial charge on any atom is 0.269 e. The van der Waals surface area contributed by atoms with E-state index in [4.69, 9.17) is 4.74 Å². The van der Waals surface area contributed by atoms with Crippen LogP contribution in [0, 0.1) is 10.1 Å². The van der Waals surface area contributed by atoms with E-state index in [1.165, 1.54) is 12.1 Å². The number of nitro groups is 1. The smallest absolute Gasteiger partial charge is 0.269 e. The molecule has 0 spiro atoms. The first-order valence-electron chi connectivity index (χ1n) is 11.5. The topological polar surface area (TPSA) is 97.3 Å². The van der Waals surface area contributed by atoms with Crippen LogP contribution in [0.15, 0.2) is 103 Å². The van der Waals surface area contributed by atoms with Gasteiger partial charge in [-0.3, -0.25) is 14.9 Å². The van der Waals surface area contributed by atoms with Gasteiger partial charge in [-0.1, -0.05) is 48.5 Å². The Kier molecular flexibility index (Phi) is 6.44. The third-order valence-electron chi connectivity index (χ3n) is 5.89. The first-order valence-corrected chi connectivity index (χ1v) is 11.5. The number of nitrogens with zero attached hydrogens (tertiary/aromatic N) is 1. The lowest BCUT2D eigenvalue weighted by Crippen LogP contribution is -2.15. The van der Waals surface area contributed by atoms with Crippen LogP contribution in [0.5, 0.6) is 5.75 Å². The normalized spacial score (nSPS) is 10.8. The Labute approximate surface area is 207 Å². The molecule has 0 aliphatic rings. The van der Waals surface area contributed by atoms with E-state index in [2.05, 4.69) is 10.3 Å². The van der Waals surface area contributed by atoms with E-state index >= 15 is 0 Å². The number of fused-ring (bicyclic) bond motifs is 1. The quantitative estimate of drug-likeness (QED) is 0.197. The van der Waals surface area contributed by atoms with E-state index in [1.807, 2.05) is 72.9 Å². The molecule has 7 nitrogen and oxygen atoms in total. The highest BCUT2D eigenvalue weighted by atomic mass is 16.6. The van der Waals surface area contributed by atoms with Gasteiger partial charge in [0.05, 0.1) is 17.0 Å².